The summed E-state index contributed by atoms with van der Waals surface area (Å²) in [5.74, 6) is 2.65. The smallest absolute Gasteiger partial charge is 0.270 e. The number of hydrogen-bond acceptors (Lipinski definition) is 3. The van der Waals surface area contributed by atoms with Crippen LogP contribution in [0.4, 0.5) is 0 Å². The molecule has 100 valence electrons. The van der Waals surface area contributed by atoms with Gasteiger partial charge in [-0.25, -0.2) is 0 Å². The number of rotatable bonds is 5. The Bertz CT molecular complexity index is 604. The highest BCUT2D eigenvalue weighted by Crippen LogP contribution is 2.25. The van der Waals surface area contributed by atoms with Crippen LogP contribution in [0.1, 0.15) is 17.7 Å². The van der Waals surface area contributed by atoms with Gasteiger partial charge in [-0.2, -0.15) is 11.8 Å². The topological polar surface area (TPSA) is 47.0 Å². The number of ether oxygens (including phenoxy) is 1. The van der Waals surface area contributed by atoms with Crippen LogP contribution < -0.4 is 10.3 Å². The summed E-state index contributed by atoms with van der Waals surface area (Å²) in [6.07, 6.45) is 0.821. The van der Waals surface area contributed by atoms with Crippen molar-refractivity contribution in [3.05, 3.63) is 51.9 Å². The number of nitrogens with zero attached hydrogens (tertiary/aromatic N) is 1. The number of H-pyrrole nitrogens is 1. The average molecular weight is 276 g/mol. The summed E-state index contributed by atoms with van der Waals surface area (Å²) in [4.78, 5) is 12.0. The van der Waals surface area contributed by atoms with Gasteiger partial charge in [-0.1, -0.05) is 18.2 Å². The SMILES string of the molecule is O=c1c2c([nH]n1CCCOc1ccccc1)CSC2. The van der Waals surface area contributed by atoms with Crippen molar-refractivity contribution < 1.29 is 4.74 Å². The van der Waals surface area contributed by atoms with E-state index in [0.717, 1.165) is 34.9 Å². The lowest BCUT2D eigenvalue weighted by atomic mass is 10.3. The molecule has 0 saturated carbocycles. The van der Waals surface area contributed by atoms with Gasteiger partial charge in [0, 0.05) is 24.5 Å². The van der Waals surface area contributed by atoms with Crippen molar-refractivity contribution >= 4 is 11.8 Å². The first-order chi connectivity index (χ1) is 9.34. The van der Waals surface area contributed by atoms with Crippen LogP contribution >= 0.6 is 11.8 Å². The Hall–Kier alpha value is -1.62. The monoisotopic (exact) mass is 276 g/mol. The van der Waals surface area contributed by atoms with E-state index in [4.69, 9.17) is 4.74 Å². The lowest BCUT2D eigenvalue weighted by molar-refractivity contribution is 0.297. The van der Waals surface area contributed by atoms with Crippen molar-refractivity contribution in [1.82, 2.24) is 9.78 Å². The van der Waals surface area contributed by atoms with Crippen molar-refractivity contribution in [3.63, 3.8) is 0 Å². The molecule has 1 aromatic carbocycles. The number of aryl methyl sites for hydroxylation is 1. The number of hydrogen-bond donors (Lipinski definition) is 1. The highest BCUT2D eigenvalue weighted by atomic mass is 32.2. The Morgan fingerprint density at radius 3 is 2.89 bits per heavy atom. The molecule has 0 amide bonds. The molecular weight excluding hydrogens is 260 g/mol. The van der Waals surface area contributed by atoms with E-state index in [-0.39, 0.29) is 5.56 Å². The minimum Gasteiger partial charge on any atom is -0.494 e. The van der Waals surface area contributed by atoms with Crippen molar-refractivity contribution in [2.75, 3.05) is 6.61 Å². The maximum absolute atomic E-state index is 12.0. The van der Waals surface area contributed by atoms with Gasteiger partial charge >= 0.3 is 0 Å². The fraction of sp³-hybridized carbons (Fsp3) is 0.357. The zero-order valence-electron chi connectivity index (χ0n) is 10.6. The van der Waals surface area contributed by atoms with Gasteiger partial charge in [-0.3, -0.25) is 14.6 Å². The second-order valence-corrected chi connectivity index (χ2v) is 5.52. The molecule has 1 aliphatic heterocycles. The molecule has 0 fully saturated rings. The maximum atomic E-state index is 12.0. The van der Waals surface area contributed by atoms with Gasteiger partial charge in [0.25, 0.3) is 5.56 Å². The second kappa shape index (κ2) is 5.57. The standard InChI is InChI=1S/C14H16N2O2S/c17-14-12-9-19-10-13(12)15-16(14)7-4-8-18-11-5-2-1-3-6-11/h1-3,5-6,15H,4,7-10H2. The molecule has 3 rings (SSSR count). The zero-order valence-corrected chi connectivity index (χ0v) is 11.4. The van der Waals surface area contributed by atoms with Gasteiger partial charge in [-0.05, 0) is 12.1 Å². The number of fused-ring (bicyclic) bond motifs is 1. The third-order valence-corrected chi connectivity index (χ3v) is 4.15. The fourth-order valence-electron chi connectivity index (χ4n) is 2.18. The van der Waals surface area contributed by atoms with E-state index in [0.29, 0.717) is 13.2 Å². The predicted molar refractivity (Wildman–Crippen MR) is 76.6 cm³/mol. The molecule has 0 aliphatic carbocycles. The van der Waals surface area contributed by atoms with Gasteiger partial charge in [0.1, 0.15) is 5.75 Å². The van der Waals surface area contributed by atoms with Gasteiger partial charge in [0.2, 0.25) is 0 Å². The van der Waals surface area contributed by atoms with Crippen LogP contribution in [0.2, 0.25) is 0 Å². The molecule has 0 radical (unpaired) electrons. The first-order valence-electron chi connectivity index (χ1n) is 6.41. The van der Waals surface area contributed by atoms with E-state index in [2.05, 4.69) is 5.10 Å². The van der Waals surface area contributed by atoms with Gasteiger partial charge in [0.05, 0.1) is 17.9 Å². The first kappa shape index (κ1) is 12.4. The van der Waals surface area contributed by atoms with Gasteiger partial charge in [-0.15, -0.1) is 0 Å². The minimum atomic E-state index is 0.139. The summed E-state index contributed by atoms with van der Waals surface area (Å²) >= 11 is 1.79. The first-order valence-corrected chi connectivity index (χ1v) is 7.56. The van der Waals surface area contributed by atoms with Crippen LogP contribution in [0.5, 0.6) is 5.75 Å². The number of aromatic nitrogens is 2. The highest BCUT2D eigenvalue weighted by molar-refractivity contribution is 7.98. The Morgan fingerprint density at radius 1 is 1.26 bits per heavy atom. The molecule has 2 aromatic rings. The highest BCUT2D eigenvalue weighted by Gasteiger charge is 2.19. The summed E-state index contributed by atoms with van der Waals surface area (Å²) in [6.45, 7) is 1.30. The molecule has 0 spiro atoms. The van der Waals surface area contributed by atoms with Crippen LogP contribution in [-0.4, -0.2) is 16.4 Å². The summed E-state index contributed by atoms with van der Waals surface area (Å²) in [5.41, 5.74) is 2.19. The molecule has 0 bridgehead atoms. The van der Waals surface area contributed by atoms with Crippen LogP contribution in [-0.2, 0) is 18.1 Å². The second-order valence-electron chi connectivity index (χ2n) is 4.53. The van der Waals surface area contributed by atoms with Crippen molar-refractivity contribution in [2.45, 2.75) is 24.5 Å². The van der Waals surface area contributed by atoms with E-state index >= 15 is 0 Å². The molecule has 1 N–H and O–H groups in total. The van der Waals surface area contributed by atoms with E-state index in [1.54, 1.807) is 16.4 Å². The van der Waals surface area contributed by atoms with Gasteiger partial charge in [0.15, 0.2) is 0 Å². The number of aromatic amines is 1. The third-order valence-electron chi connectivity index (χ3n) is 3.17. The average Bonchev–Trinajstić information content (AvgIpc) is 3.00. The largest absolute Gasteiger partial charge is 0.494 e. The zero-order chi connectivity index (χ0) is 13.1. The molecule has 5 heteroatoms. The Morgan fingerprint density at radius 2 is 2.11 bits per heavy atom. The lowest BCUT2D eigenvalue weighted by Crippen LogP contribution is -2.20. The van der Waals surface area contributed by atoms with E-state index in [9.17, 15) is 4.79 Å². The molecule has 0 atom stereocenters. The van der Waals surface area contributed by atoms with E-state index < -0.39 is 0 Å². The third kappa shape index (κ3) is 2.71. The van der Waals surface area contributed by atoms with Crippen molar-refractivity contribution in [2.24, 2.45) is 0 Å². The summed E-state index contributed by atoms with van der Waals surface area (Å²) in [6, 6.07) is 9.74. The summed E-state index contributed by atoms with van der Waals surface area (Å²) < 4.78 is 7.32. The fourth-order valence-corrected chi connectivity index (χ4v) is 3.23. The van der Waals surface area contributed by atoms with E-state index in [1.165, 1.54) is 0 Å². The van der Waals surface area contributed by atoms with Gasteiger partial charge < -0.3 is 4.74 Å². The number of para-hydroxylation sites is 1. The van der Waals surface area contributed by atoms with Crippen molar-refractivity contribution in [1.29, 1.82) is 0 Å². The Balaban J connectivity index is 1.52. The molecule has 1 aromatic heterocycles. The van der Waals surface area contributed by atoms with Crippen LogP contribution in [0, 0.1) is 0 Å². The molecule has 0 saturated heterocycles. The molecule has 1 aliphatic rings. The summed E-state index contributed by atoms with van der Waals surface area (Å²) in [5, 5.41) is 3.19. The van der Waals surface area contributed by atoms with E-state index in [1.807, 2.05) is 30.3 Å². The predicted octanol–water partition coefficient (Wildman–Crippen LogP) is 2.39. The van der Waals surface area contributed by atoms with Crippen LogP contribution in [0.3, 0.4) is 0 Å². The van der Waals surface area contributed by atoms with Crippen molar-refractivity contribution in [3.8, 4) is 5.75 Å². The Kier molecular flexibility index (Phi) is 3.64. The van der Waals surface area contributed by atoms with Crippen LogP contribution in [0.25, 0.3) is 0 Å². The summed E-state index contributed by atoms with van der Waals surface area (Å²) in [7, 11) is 0. The maximum Gasteiger partial charge on any atom is 0.270 e. The molecule has 19 heavy (non-hydrogen) atoms. The number of thioether (sulfide) groups is 1. The minimum absolute atomic E-state index is 0.139. The Labute approximate surface area is 115 Å². The molecule has 4 nitrogen and oxygen atoms in total. The molecule has 2 heterocycles. The quantitative estimate of drug-likeness (QED) is 0.853. The number of nitrogens with one attached hydrogen (secondary N) is 1. The molecule has 0 unspecified atom stereocenters. The normalized spacial score (nSPS) is 13.5. The number of benzene rings is 1. The lowest BCUT2D eigenvalue weighted by Gasteiger charge is -2.06. The van der Waals surface area contributed by atoms with Crippen LogP contribution in [0.15, 0.2) is 35.1 Å². The molecular formula is C14H16N2O2S.